The van der Waals surface area contributed by atoms with E-state index in [4.69, 9.17) is 23.2 Å². The molecule has 0 saturated carbocycles. The van der Waals surface area contributed by atoms with Crippen LogP contribution >= 0.6 is 23.2 Å². The molecule has 0 heterocycles. The zero-order valence-electron chi connectivity index (χ0n) is 22.6. The molecule has 0 aliphatic carbocycles. The van der Waals surface area contributed by atoms with E-state index in [1.54, 1.807) is 19.1 Å². The fourth-order valence-corrected chi connectivity index (χ4v) is 5.84. The first-order valence-electron chi connectivity index (χ1n) is 12.5. The van der Waals surface area contributed by atoms with Crippen molar-refractivity contribution in [1.29, 1.82) is 0 Å². The van der Waals surface area contributed by atoms with Crippen LogP contribution in [0.15, 0.2) is 71.6 Å². The largest absolute Gasteiger partial charge is 0.352 e. The maximum Gasteiger partial charge on any atom is 0.264 e. The van der Waals surface area contributed by atoms with Crippen LogP contribution in [0, 0.1) is 13.8 Å². The van der Waals surface area contributed by atoms with Crippen molar-refractivity contribution in [2.24, 2.45) is 0 Å². The highest BCUT2D eigenvalue weighted by Crippen LogP contribution is 2.30. The predicted octanol–water partition coefficient (Wildman–Crippen LogP) is 5.75. The van der Waals surface area contributed by atoms with Crippen LogP contribution in [-0.4, -0.2) is 43.8 Å². The van der Waals surface area contributed by atoms with Gasteiger partial charge in [-0.15, -0.1) is 0 Å². The molecule has 0 bridgehead atoms. The van der Waals surface area contributed by atoms with E-state index < -0.39 is 28.5 Å². The summed E-state index contributed by atoms with van der Waals surface area (Å²) in [5, 5.41) is 3.27. The molecule has 0 aliphatic heterocycles. The quantitative estimate of drug-likeness (QED) is 0.326. The predicted molar refractivity (Wildman–Crippen MR) is 157 cm³/mol. The second kappa shape index (κ2) is 12.9. The lowest BCUT2D eigenvalue weighted by Crippen LogP contribution is -2.52. The number of hydrogen-bond acceptors (Lipinski definition) is 4. The summed E-state index contributed by atoms with van der Waals surface area (Å²) in [6.45, 7) is 8.62. The van der Waals surface area contributed by atoms with Crippen LogP contribution in [0.1, 0.15) is 37.5 Å². The highest BCUT2D eigenvalue weighted by Gasteiger charge is 2.33. The molecular formula is C29H33Cl2N3O4S. The van der Waals surface area contributed by atoms with Gasteiger partial charge in [-0.05, 0) is 70.5 Å². The first-order chi connectivity index (χ1) is 18.3. The minimum Gasteiger partial charge on any atom is -0.352 e. The molecule has 0 aliphatic rings. The number of carbonyl (C=O) groups excluding carboxylic acids is 2. The Balaban J connectivity index is 2.06. The van der Waals surface area contributed by atoms with E-state index in [0.29, 0.717) is 0 Å². The molecule has 1 atom stereocenters. The van der Waals surface area contributed by atoms with Crippen molar-refractivity contribution in [3.63, 3.8) is 0 Å². The normalized spacial score (nSPS) is 12.2. The number of halogens is 2. The minimum atomic E-state index is -4.21. The molecule has 0 saturated heterocycles. The van der Waals surface area contributed by atoms with Crippen LogP contribution in [0.3, 0.4) is 0 Å². The van der Waals surface area contributed by atoms with Gasteiger partial charge in [0.05, 0.1) is 10.6 Å². The monoisotopic (exact) mass is 589 g/mol. The Kier molecular flexibility index (Phi) is 10.0. The van der Waals surface area contributed by atoms with Crippen LogP contribution in [-0.2, 0) is 26.2 Å². The fraction of sp³-hybridized carbons (Fsp3) is 0.310. The Bertz CT molecular complexity index is 1410. The summed E-state index contributed by atoms with van der Waals surface area (Å²) in [4.78, 5) is 28.3. The smallest absolute Gasteiger partial charge is 0.264 e. The van der Waals surface area contributed by atoms with Crippen molar-refractivity contribution in [2.75, 3.05) is 10.8 Å². The third-order valence-corrected chi connectivity index (χ3v) is 8.32. The van der Waals surface area contributed by atoms with Gasteiger partial charge in [-0.3, -0.25) is 13.9 Å². The standard InChI is InChI=1S/C29H33Cl2N3O4S/c1-19(2)32-29(36)22(5)33(17-23-10-6-20(3)7-11-23)28(35)18-34(26-15-24(30)14-25(31)16-26)39(37,38)27-12-8-21(4)9-13-27/h6-16,19,22H,17-18H2,1-5H3,(H,32,36)/t22-/m0/s1. The molecule has 3 aromatic carbocycles. The number of aryl methyl sites for hydroxylation is 2. The highest BCUT2D eigenvalue weighted by molar-refractivity contribution is 7.92. The van der Waals surface area contributed by atoms with Gasteiger partial charge in [-0.2, -0.15) is 0 Å². The lowest BCUT2D eigenvalue weighted by molar-refractivity contribution is -0.139. The van der Waals surface area contributed by atoms with Crippen molar-refractivity contribution >= 4 is 50.7 Å². The van der Waals surface area contributed by atoms with E-state index in [1.165, 1.54) is 35.2 Å². The lowest BCUT2D eigenvalue weighted by Gasteiger charge is -2.32. The van der Waals surface area contributed by atoms with E-state index in [2.05, 4.69) is 5.32 Å². The average molecular weight is 591 g/mol. The number of nitrogens with one attached hydrogen (secondary N) is 1. The summed E-state index contributed by atoms with van der Waals surface area (Å²) in [5.74, 6) is -0.905. The Morgan fingerprint density at radius 2 is 1.36 bits per heavy atom. The molecule has 2 amide bonds. The molecular weight excluding hydrogens is 557 g/mol. The van der Waals surface area contributed by atoms with Crippen molar-refractivity contribution in [3.8, 4) is 0 Å². The van der Waals surface area contributed by atoms with Crippen LogP contribution in [0.4, 0.5) is 5.69 Å². The molecule has 10 heteroatoms. The summed E-state index contributed by atoms with van der Waals surface area (Å²) >= 11 is 12.4. The Hall–Kier alpha value is -3.07. The Morgan fingerprint density at radius 3 is 1.87 bits per heavy atom. The van der Waals surface area contributed by atoms with Gasteiger partial charge in [-0.25, -0.2) is 8.42 Å². The van der Waals surface area contributed by atoms with Gasteiger partial charge in [0, 0.05) is 22.6 Å². The number of sulfonamides is 1. The summed E-state index contributed by atoms with van der Waals surface area (Å²) in [6, 6.07) is 17.3. The summed E-state index contributed by atoms with van der Waals surface area (Å²) in [7, 11) is -4.21. The van der Waals surface area contributed by atoms with Gasteiger partial charge in [0.1, 0.15) is 12.6 Å². The number of amides is 2. The Morgan fingerprint density at radius 1 is 0.846 bits per heavy atom. The number of carbonyl (C=O) groups is 2. The van der Waals surface area contributed by atoms with Crippen LogP contribution in [0.25, 0.3) is 0 Å². The molecule has 7 nitrogen and oxygen atoms in total. The minimum absolute atomic E-state index is 0.00711. The SMILES string of the molecule is Cc1ccc(CN(C(=O)CN(c2cc(Cl)cc(Cl)c2)S(=O)(=O)c2ccc(C)cc2)[C@@H](C)C(=O)NC(C)C)cc1. The van der Waals surface area contributed by atoms with E-state index in [1.807, 2.05) is 52.0 Å². The summed E-state index contributed by atoms with van der Waals surface area (Å²) in [6.07, 6.45) is 0. The van der Waals surface area contributed by atoms with E-state index >= 15 is 0 Å². The second-order valence-electron chi connectivity index (χ2n) is 9.80. The van der Waals surface area contributed by atoms with Crippen LogP contribution in [0.2, 0.25) is 10.0 Å². The van der Waals surface area contributed by atoms with Crippen molar-refractivity contribution in [1.82, 2.24) is 10.2 Å². The number of hydrogen-bond donors (Lipinski definition) is 1. The van der Waals surface area contributed by atoms with Gasteiger partial charge in [-0.1, -0.05) is 70.7 Å². The molecule has 0 fully saturated rings. The molecule has 208 valence electrons. The average Bonchev–Trinajstić information content (AvgIpc) is 2.85. The second-order valence-corrected chi connectivity index (χ2v) is 12.5. The molecule has 39 heavy (non-hydrogen) atoms. The van der Waals surface area contributed by atoms with Gasteiger partial charge in [0.25, 0.3) is 10.0 Å². The van der Waals surface area contributed by atoms with E-state index in [0.717, 1.165) is 21.0 Å². The molecule has 3 rings (SSSR count). The molecule has 3 aromatic rings. The molecule has 0 spiro atoms. The van der Waals surface area contributed by atoms with Crippen molar-refractivity contribution in [2.45, 2.75) is 58.1 Å². The third kappa shape index (κ3) is 7.97. The van der Waals surface area contributed by atoms with Gasteiger partial charge < -0.3 is 10.2 Å². The van der Waals surface area contributed by atoms with Gasteiger partial charge in [0.2, 0.25) is 11.8 Å². The van der Waals surface area contributed by atoms with Crippen LogP contribution in [0.5, 0.6) is 0 Å². The van der Waals surface area contributed by atoms with E-state index in [9.17, 15) is 18.0 Å². The topological polar surface area (TPSA) is 86.8 Å². The molecule has 0 radical (unpaired) electrons. The molecule has 1 N–H and O–H groups in total. The van der Waals surface area contributed by atoms with Gasteiger partial charge in [0.15, 0.2) is 0 Å². The number of benzene rings is 3. The number of anilines is 1. The summed E-state index contributed by atoms with van der Waals surface area (Å²) < 4.78 is 28.7. The number of nitrogens with zero attached hydrogens (tertiary/aromatic N) is 2. The lowest BCUT2D eigenvalue weighted by atomic mass is 10.1. The van der Waals surface area contributed by atoms with Crippen molar-refractivity contribution < 1.29 is 18.0 Å². The molecule has 0 aromatic heterocycles. The first kappa shape index (κ1) is 30.5. The highest BCUT2D eigenvalue weighted by atomic mass is 35.5. The van der Waals surface area contributed by atoms with Gasteiger partial charge >= 0.3 is 0 Å². The Labute approximate surface area is 240 Å². The van der Waals surface area contributed by atoms with E-state index in [-0.39, 0.29) is 39.1 Å². The maximum absolute atomic E-state index is 13.9. The first-order valence-corrected chi connectivity index (χ1v) is 14.7. The van der Waals surface area contributed by atoms with Crippen molar-refractivity contribution in [3.05, 3.63) is 93.5 Å². The van der Waals surface area contributed by atoms with Crippen LogP contribution < -0.4 is 9.62 Å². The summed E-state index contributed by atoms with van der Waals surface area (Å²) in [5.41, 5.74) is 2.87. The fourth-order valence-electron chi connectivity index (χ4n) is 3.93. The maximum atomic E-state index is 13.9. The molecule has 0 unspecified atom stereocenters. The zero-order chi connectivity index (χ0) is 28.9. The number of rotatable bonds is 10. The zero-order valence-corrected chi connectivity index (χ0v) is 24.9. The third-order valence-electron chi connectivity index (χ3n) is 6.09.